The second-order valence-corrected chi connectivity index (χ2v) is 7.58. The van der Waals surface area contributed by atoms with Gasteiger partial charge in [-0.25, -0.2) is 0 Å². The van der Waals surface area contributed by atoms with Crippen molar-refractivity contribution in [2.75, 3.05) is 6.61 Å². The Balaban J connectivity index is 2.11. The standard InChI is InChI=1S/C17H30N2OS/c1-4-14-6-7-15(21-14)12-16(19-18)17(20-5-2)10-8-13(3)9-11-17/h6-7,13,16,19H,4-5,8-12,18H2,1-3H3. The molecule has 3 N–H and O–H groups in total. The van der Waals surface area contributed by atoms with Crippen LogP contribution in [0.4, 0.5) is 0 Å². The van der Waals surface area contributed by atoms with Gasteiger partial charge in [-0.15, -0.1) is 11.3 Å². The quantitative estimate of drug-likeness (QED) is 0.597. The minimum absolute atomic E-state index is 0.0909. The smallest absolute Gasteiger partial charge is 0.0851 e. The number of nitrogens with one attached hydrogen (secondary N) is 1. The van der Waals surface area contributed by atoms with Crippen LogP contribution in [-0.4, -0.2) is 18.2 Å². The van der Waals surface area contributed by atoms with E-state index < -0.39 is 0 Å². The van der Waals surface area contributed by atoms with Crippen molar-refractivity contribution in [3.8, 4) is 0 Å². The molecular formula is C17H30N2OS. The first kappa shape index (κ1) is 16.9. The zero-order valence-corrected chi connectivity index (χ0v) is 14.5. The van der Waals surface area contributed by atoms with Crippen molar-refractivity contribution in [3.05, 3.63) is 21.9 Å². The summed E-state index contributed by atoms with van der Waals surface area (Å²) in [6.07, 6.45) is 6.78. The van der Waals surface area contributed by atoms with E-state index in [4.69, 9.17) is 10.6 Å². The van der Waals surface area contributed by atoms with E-state index >= 15 is 0 Å². The molecule has 21 heavy (non-hydrogen) atoms. The molecule has 1 unspecified atom stereocenters. The maximum absolute atomic E-state index is 6.24. The van der Waals surface area contributed by atoms with Gasteiger partial charge in [0.15, 0.2) is 0 Å². The van der Waals surface area contributed by atoms with Gasteiger partial charge in [0.2, 0.25) is 0 Å². The highest BCUT2D eigenvalue weighted by molar-refractivity contribution is 7.11. The number of rotatable bonds is 7. The van der Waals surface area contributed by atoms with Crippen LogP contribution in [0.5, 0.6) is 0 Å². The molecule has 0 radical (unpaired) electrons. The lowest BCUT2D eigenvalue weighted by molar-refractivity contribution is -0.0960. The van der Waals surface area contributed by atoms with E-state index in [1.807, 2.05) is 11.3 Å². The summed E-state index contributed by atoms with van der Waals surface area (Å²) in [7, 11) is 0. The first-order valence-electron chi connectivity index (χ1n) is 8.31. The Morgan fingerprint density at radius 3 is 2.52 bits per heavy atom. The van der Waals surface area contributed by atoms with Crippen molar-refractivity contribution < 1.29 is 4.74 Å². The Morgan fingerprint density at radius 1 is 1.33 bits per heavy atom. The van der Waals surface area contributed by atoms with Crippen LogP contribution in [-0.2, 0) is 17.6 Å². The number of aryl methyl sites for hydroxylation is 1. The molecule has 1 saturated carbocycles. The Labute approximate surface area is 133 Å². The SMILES string of the molecule is CCOC1(C(Cc2ccc(CC)s2)NN)CCC(C)CC1. The van der Waals surface area contributed by atoms with Crippen molar-refractivity contribution in [1.82, 2.24) is 5.43 Å². The normalized spacial score (nSPS) is 27.7. The van der Waals surface area contributed by atoms with Crippen molar-refractivity contribution in [2.24, 2.45) is 11.8 Å². The summed E-state index contributed by atoms with van der Waals surface area (Å²) in [4.78, 5) is 2.86. The Bertz CT molecular complexity index is 424. The van der Waals surface area contributed by atoms with E-state index in [1.165, 1.54) is 22.6 Å². The number of hydrogen-bond donors (Lipinski definition) is 2. The second kappa shape index (κ2) is 7.73. The lowest BCUT2D eigenvalue weighted by Gasteiger charge is -2.44. The van der Waals surface area contributed by atoms with Gasteiger partial charge in [0, 0.05) is 22.8 Å². The van der Waals surface area contributed by atoms with Crippen molar-refractivity contribution in [3.63, 3.8) is 0 Å². The molecular weight excluding hydrogens is 280 g/mol. The highest BCUT2D eigenvalue weighted by atomic mass is 32.1. The van der Waals surface area contributed by atoms with Crippen LogP contribution >= 0.6 is 11.3 Å². The van der Waals surface area contributed by atoms with E-state index in [0.29, 0.717) is 0 Å². The van der Waals surface area contributed by atoms with Crippen LogP contribution in [0.25, 0.3) is 0 Å². The Kier molecular flexibility index (Phi) is 6.23. The molecule has 1 aliphatic carbocycles. The van der Waals surface area contributed by atoms with Crippen LogP contribution in [0, 0.1) is 5.92 Å². The highest BCUT2D eigenvalue weighted by Crippen LogP contribution is 2.38. The Morgan fingerprint density at radius 2 is 2.00 bits per heavy atom. The first-order valence-corrected chi connectivity index (χ1v) is 9.12. The molecule has 0 spiro atoms. The fraction of sp³-hybridized carbons (Fsp3) is 0.765. The molecule has 1 fully saturated rings. The highest BCUT2D eigenvalue weighted by Gasteiger charge is 2.41. The fourth-order valence-electron chi connectivity index (χ4n) is 3.45. The van der Waals surface area contributed by atoms with Crippen LogP contribution in [0.15, 0.2) is 12.1 Å². The molecule has 1 aromatic heterocycles. The number of nitrogens with two attached hydrogens (primary N) is 1. The van der Waals surface area contributed by atoms with Gasteiger partial charge >= 0.3 is 0 Å². The molecule has 120 valence electrons. The minimum Gasteiger partial charge on any atom is -0.374 e. The van der Waals surface area contributed by atoms with E-state index in [1.54, 1.807) is 0 Å². The van der Waals surface area contributed by atoms with Crippen LogP contribution in [0.2, 0.25) is 0 Å². The zero-order chi connectivity index (χ0) is 15.3. The third-order valence-corrected chi connectivity index (χ3v) is 6.11. The molecule has 0 bridgehead atoms. The van der Waals surface area contributed by atoms with Crippen LogP contribution in [0.1, 0.15) is 56.2 Å². The lowest BCUT2D eigenvalue weighted by atomic mass is 9.74. The van der Waals surface area contributed by atoms with Crippen LogP contribution in [0.3, 0.4) is 0 Å². The number of ether oxygens (including phenoxy) is 1. The van der Waals surface area contributed by atoms with Gasteiger partial charge in [-0.2, -0.15) is 0 Å². The third-order valence-electron chi connectivity index (χ3n) is 4.86. The molecule has 1 atom stereocenters. The summed E-state index contributed by atoms with van der Waals surface area (Å²) in [5, 5.41) is 0. The zero-order valence-electron chi connectivity index (χ0n) is 13.7. The van der Waals surface area contributed by atoms with Crippen molar-refractivity contribution in [2.45, 2.75) is 70.9 Å². The fourth-order valence-corrected chi connectivity index (χ4v) is 4.45. The molecule has 1 aliphatic rings. The largest absolute Gasteiger partial charge is 0.374 e. The van der Waals surface area contributed by atoms with E-state index in [0.717, 1.165) is 38.2 Å². The lowest BCUT2D eigenvalue weighted by Crippen LogP contribution is -2.57. The topological polar surface area (TPSA) is 47.3 Å². The van der Waals surface area contributed by atoms with Gasteiger partial charge in [-0.1, -0.05) is 13.8 Å². The first-order chi connectivity index (χ1) is 10.1. The summed E-state index contributed by atoms with van der Waals surface area (Å²) in [6.45, 7) is 7.40. The summed E-state index contributed by atoms with van der Waals surface area (Å²) in [6, 6.07) is 4.69. The van der Waals surface area contributed by atoms with Crippen molar-refractivity contribution >= 4 is 11.3 Å². The molecule has 0 amide bonds. The molecule has 3 nitrogen and oxygen atoms in total. The maximum atomic E-state index is 6.24. The summed E-state index contributed by atoms with van der Waals surface area (Å²) >= 11 is 1.91. The molecule has 1 aromatic rings. The molecule has 0 aliphatic heterocycles. The number of thiophene rings is 1. The molecule has 4 heteroatoms. The minimum atomic E-state index is -0.0909. The second-order valence-electron chi connectivity index (χ2n) is 6.33. The van der Waals surface area contributed by atoms with Gasteiger partial charge in [-0.3, -0.25) is 11.3 Å². The average molecular weight is 311 g/mol. The maximum Gasteiger partial charge on any atom is 0.0851 e. The predicted octanol–water partition coefficient (Wildman–Crippen LogP) is 3.67. The molecule has 1 heterocycles. The Hall–Kier alpha value is -0.420. The van der Waals surface area contributed by atoms with Gasteiger partial charge in [0.25, 0.3) is 0 Å². The summed E-state index contributed by atoms with van der Waals surface area (Å²) in [5.41, 5.74) is 2.98. The third kappa shape index (κ3) is 4.07. The van der Waals surface area contributed by atoms with Gasteiger partial charge in [0.05, 0.1) is 11.6 Å². The van der Waals surface area contributed by atoms with E-state index in [2.05, 4.69) is 38.3 Å². The van der Waals surface area contributed by atoms with Crippen molar-refractivity contribution in [1.29, 1.82) is 0 Å². The summed E-state index contributed by atoms with van der Waals surface area (Å²) < 4.78 is 6.24. The molecule has 0 aromatic carbocycles. The van der Waals surface area contributed by atoms with Gasteiger partial charge in [-0.05, 0) is 57.1 Å². The predicted molar refractivity (Wildman–Crippen MR) is 90.5 cm³/mol. The van der Waals surface area contributed by atoms with E-state index in [-0.39, 0.29) is 11.6 Å². The number of hydrazine groups is 1. The summed E-state index contributed by atoms with van der Waals surface area (Å²) in [5.74, 6) is 6.73. The molecule has 2 rings (SSSR count). The molecule has 0 saturated heterocycles. The monoisotopic (exact) mass is 310 g/mol. The van der Waals surface area contributed by atoms with Gasteiger partial charge in [0.1, 0.15) is 0 Å². The van der Waals surface area contributed by atoms with Gasteiger partial charge < -0.3 is 4.74 Å². The van der Waals surface area contributed by atoms with E-state index in [9.17, 15) is 0 Å². The van der Waals surface area contributed by atoms with Crippen LogP contribution < -0.4 is 11.3 Å². The average Bonchev–Trinajstić information content (AvgIpc) is 2.95. The number of hydrogen-bond acceptors (Lipinski definition) is 4.